The Morgan fingerprint density at radius 1 is 1.36 bits per heavy atom. The summed E-state index contributed by atoms with van der Waals surface area (Å²) in [5, 5.41) is 9.02. The highest BCUT2D eigenvalue weighted by atomic mass is 32.2. The number of likely N-dealkylation sites (tertiary alicyclic amines) is 1. The van der Waals surface area contributed by atoms with E-state index in [0.29, 0.717) is 24.3 Å². The lowest BCUT2D eigenvalue weighted by atomic mass is 10.2. The van der Waals surface area contributed by atoms with Gasteiger partial charge in [-0.2, -0.15) is 13.2 Å². The Labute approximate surface area is 129 Å². The van der Waals surface area contributed by atoms with E-state index in [9.17, 15) is 22.8 Å². The molecule has 22 heavy (non-hydrogen) atoms. The van der Waals surface area contributed by atoms with Crippen molar-refractivity contribution in [2.75, 3.05) is 12.3 Å². The van der Waals surface area contributed by atoms with E-state index in [1.54, 1.807) is 0 Å². The van der Waals surface area contributed by atoms with E-state index < -0.39 is 23.8 Å². The second kappa shape index (κ2) is 6.60. The predicted molar refractivity (Wildman–Crippen MR) is 74.5 cm³/mol. The Kier molecular flexibility index (Phi) is 5.00. The molecule has 1 fully saturated rings. The molecule has 1 heterocycles. The summed E-state index contributed by atoms with van der Waals surface area (Å²) in [6.45, 7) is 0.374. The molecular weight excluding hydrogens is 319 g/mol. The lowest BCUT2D eigenvalue weighted by Gasteiger charge is -2.21. The molecule has 2 rings (SSSR count). The van der Waals surface area contributed by atoms with Crippen LogP contribution in [-0.2, 0) is 15.8 Å². The number of hydrogen-bond acceptors (Lipinski definition) is 3. The largest absolute Gasteiger partial charge is 0.480 e. The maximum atomic E-state index is 12.6. The second-order valence-corrected chi connectivity index (χ2v) is 5.95. The molecule has 1 aromatic carbocycles. The quantitative estimate of drug-likeness (QED) is 0.861. The standard InChI is InChI=1S/C14H14F3NO3S/c15-14(16,17)9-3-1-4-10(7-9)22-8-12(19)18-6-2-5-11(18)13(20)21/h1,3-4,7,11H,2,5-6,8H2,(H,20,21). The van der Waals surface area contributed by atoms with Gasteiger partial charge in [0, 0.05) is 11.4 Å². The van der Waals surface area contributed by atoms with Crippen molar-refractivity contribution in [3.63, 3.8) is 0 Å². The first-order valence-electron chi connectivity index (χ1n) is 6.61. The van der Waals surface area contributed by atoms with Crippen LogP contribution in [0.15, 0.2) is 29.2 Å². The summed E-state index contributed by atoms with van der Waals surface area (Å²) in [6.07, 6.45) is -3.39. The maximum Gasteiger partial charge on any atom is 0.416 e. The first-order valence-corrected chi connectivity index (χ1v) is 7.60. The van der Waals surface area contributed by atoms with Crippen LogP contribution in [0.1, 0.15) is 18.4 Å². The molecule has 1 saturated heterocycles. The summed E-state index contributed by atoms with van der Waals surface area (Å²) in [5.74, 6) is -1.49. The first kappa shape index (κ1) is 16.7. The maximum absolute atomic E-state index is 12.6. The summed E-state index contributed by atoms with van der Waals surface area (Å²) in [5.41, 5.74) is -0.769. The number of thioether (sulfide) groups is 1. The molecule has 120 valence electrons. The van der Waals surface area contributed by atoms with Crippen molar-refractivity contribution >= 4 is 23.6 Å². The lowest BCUT2D eigenvalue weighted by Crippen LogP contribution is -2.41. The number of carboxylic acid groups (broad SMARTS) is 1. The molecule has 1 aromatic rings. The van der Waals surface area contributed by atoms with Crippen LogP contribution in [0.5, 0.6) is 0 Å². The number of aliphatic carboxylic acids is 1. The zero-order chi connectivity index (χ0) is 16.3. The van der Waals surface area contributed by atoms with Crippen LogP contribution in [0, 0.1) is 0 Å². The average Bonchev–Trinajstić information content (AvgIpc) is 2.94. The number of carboxylic acids is 1. The topological polar surface area (TPSA) is 57.6 Å². The summed E-state index contributed by atoms with van der Waals surface area (Å²) in [6, 6.07) is 3.90. The van der Waals surface area contributed by atoms with Crippen molar-refractivity contribution in [1.82, 2.24) is 4.90 Å². The molecule has 8 heteroatoms. The first-order chi connectivity index (χ1) is 10.3. The van der Waals surface area contributed by atoms with Crippen LogP contribution in [-0.4, -0.2) is 40.2 Å². The van der Waals surface area contributed by atoms with Gasteiger partial charge in [0.05, 0.1) is 11.3 Å². The molecular formula is C14H14F3NO3S. The molecule has 1 unspecified atom stereocenters. The van der Waals surface area contributed by atoms with Gasteiger partial charge in [0.1, 0.15) is 6.04 Å². The third-order valence-corrected chi connectivity index (χ3v) is 4.36. The number of halogens is 3. The SMILES string of the molecule is O=C(O)C1CCCN1C(=O)CSc1cccc(C(F)(F)F)c1. The van der Waals surface area contributed by atoms with Gasteiger partial charge in [-0.25, -0.2) is 4.79 Å². The molecule has 0 saturated carbocycles. The van der Waals surface area contributed by atoms with E-state index in [-0.39, 0.29) is 11.7 Å². The fourth-order valence-corrected chi connectivity index (χ4v) is 3.15. The van der Waals surface area contributed by atoms with Crippen molar-refractivity contribution < 1.29 is 27.9 Å². The van der Waals surface area contributed by atoms with Gasteiger partial charge in [-0.05, 0) is 31.0 Å². The Balaban J connectivity index is 1.98. The van der Waals surface area contributed by atoms with Gasteiger partial charge < -0.3 is 10.0 Å². The average molecular weight is 333 g/mol. The van der Waals surface area contributed by atoms with Crippen molar-refractivity contribution in [3.05, 3.63) is 29.8 Å². The number of carbonyl (C=O) groups is 2. The Bertz CT molecular complexity index is 577. The van der Waals surface area contributed by atoms with Crippen LogP contribution >= 0.6 is 11.8 Å². The number of alkyl halides is 3. The smallest absolute Gasteiger partial charge is 0.416 e. The van der Waals surface area contributed by atoms with Gasteiger partial charge in [0.15, 0.2) is 0 Å². The third-order valence-electron chi connectivity index (χ3n) is 3.38. The molecule has 0 spiro atoms. The number of benzene rings is 1. The van der Waals surface area contributed by atoms with E-state index in [1.807, 2.05) is 0 Å². The minimum Gasteiger partial charge on any atom is -0.480 e. The van der Waals surface area contributed by atoms with Crippen molar-refractivity contribution in [1.29, 1.82) is 0 Å². The molecule has 0 radical (unpaired) electrons. The number of carbonyl (C=O) groups excluding carboxylic acids is 1. The molecule has 1 atom stereocenters. The number of amides is 1. The van der Waals surface area contributed by atoms with Crippen LogP contribution in [0.3, 0.4) is 0 Å². The van der Waals surface area contributed by atoms with E-state index in [1.165, 1.54) is 17.0 Å². The van der Waals surface area contributed by atoms with E-state index in [0.717, 1.165) is 23.9 Å². The fraction of sp³-hybridized carbons (Fsp3) is 0.429. The van der Waals surface area contributed by atoms with Crippen LogP contribution in [0.25, 0.3) is 0 Å². The summed E-state index contributed by atoms with van der Waals surface area (Å²) in [4.78, 5) is 24.7. The molecule has 0 aromatic heterocycles. The predicted octanol–water partition coefficient (Wildman–Crippen LogP) is 2.87. The van der Waals surface area contributed by atoms with Crippen molar-refractivity contribution in [2.24, 2.45) is 0 Å². The monoisotopic (exact) mass is 333 g/mol. The van der Waals surface area contributed by atoms with Gasteiger partial charge in [-0.1, -0.05) is 6.07 Å². The summed E-state index contributed by atoms with van der Waals surface area (Å²) < 4.78 is 37.8. The van der Waals surface area contributed by atoms with Gasteiger partial charge in [0.25, 0.3) is 0 Å². The number of rotatable bonds is 4. The number of nitrogens with zero attached hydrogens (tertiary/aromatic N) is 1. The lowest BCUT2D eigenvalue weighted by molar-refractivity contribution is -0.147. The Hall–Kier alpha value is -1.70. The van der Waals surface area contributed by atoms with Crippen LogP contribution < -0.4 is 0 Å². The Morgan fingerprint density at radius 2 is 2.09 bits per heavy atom. The number of hydrogen-bond donors (Lipinski definition) is 1. The normalized spacial score (nSPS) is 18.5. The molecule has 0 aliphatic carbocycles. The highest BCUT2D eigenvalue weighted by Gasteiger charge is 2.34. The highest BCUT2D eigenvalue weighted by molar-refractivity contribution is 8.00. The van der Waals surface area contributed by atoms with Gasteiger partial charge in [0.2, 0.25) is 5.91 Å². The van der Waals surface area contributed by atoms with Gasteiger partial charge in [-0.15, -0.1) is 11.8 Å². The van der Waals surface area contributed by atoms with Gasteiger partial charge in [-0.3, -0.25) is 4.79 Å². The molecule has 0 bridgehead atoms. The van der Waals surface area contributed by atoms with Crippen LogP contribution in [0.2, 0.25) is 0 Å². The van der Waals surface area contributed by atoms with Crippen molar-refractivity contribution in [2.45, 2.75) is 30.0 Å². The molecule has 1 aliphatic rings. The van der Waals surface area contributed by atoms with E-state index >= 15 is 0 Å². The molecule has 4 nitrogen and oxygen atoms in total. The second-order valence-electron chi connectivity index (χ2n) is 4.90. The Morgan fingerprint density at radius 3 is 2.73 bits per heavy atom. The third kappa shape index (κ3) is 3.94. The highest BCUT2D eigenvalue weighted by Crippen LogP contribution is 2.32. The van der Waals surface area contributed by atoms with Crippen LogP contribution in [0.4, 0.5) is 13.2 Å². The van der Waals surface area contributed by atoms with Gasteiger partial charge >= 0.3 is 12.1 Å². The van der Waals surface area contributed by atoms with E-state index in [4.69, 9.17) is 5.11 Å². The summed E-state index contributed by atoms with van der Waals surface area (Å²) >= 11 is 0.975. The molecule has 1 amide bonds. The molecule has 1 aliphatic heterocycles. The minimum atomic E-state index is -4.43. The van der Waals surface area contributed by atoms with Crippen molar-refractivity contribution in [3.8, 4) is 0 Å². The minimum absolute atomic E-state index is 0.0783. The van der Waals surface area contributed by atoms with E-state index in [2.05, 4.69) is 0 Å². The molecule has 1 N–H and O–H groups in total. The zero-order valence-electron chi connectivity index (χ0n) is 11.5. The fourth-order valence-electron chi connectivity index (χ4n) is 2.31. The summed E-state index contributed by atoms with van der Waals surface area (Å²) in [7, 11) is 0. The zero-order valence-corrected chi connectivity index (χ0v) is 12.3.